The largest absolute Gasteiger partial charge is 0.325 e. The second-order valence-corrected chi connectivity index (χ2v) is 6.83. The van der Waals surface area contributed by atoms with Gasteiger partial charge in [0.05, 0.1) is 12.3 Å². The highest BCUT2D eigenvalue weighted by molar-refractivity contribution is 7.92. The van der Waals surface area contributed by atoms with E-state index in [4.69, 9.17) is 0 Å². The molecule has 1 rings (SSSR count). The third-order valence-corrected chi connectivity index (χ3v) is 4.35. The number of rotatable bonds is 8. The average Bonchev–Trinajstić information content (AvgIpc) is 2.46. The van der Waals surface area contributed by atoms with Crippen LogP contribution in [0.4, 0.5) is 11.4 Å². The molecule has 0 heterocycles. The zero-order chi connectivity index (χ0) is 15.9. The smallest absolute Gasteiger partial charge is 0.238 e. The van der Waals surface area contributed by atoms with Crippen LogP contribution < -0.4 is 15.4 Å². The van der Waals surface area contributed by atoms with E-state index >= 15 is 0 Å². The SMILES string of the molecule is CCC(C)NCC(=O)Nc1ccc(NS(=O)(=O)CC)cc1. The summed E-state index contributed by atoms with van der Waals surface area (Å²) in [5.41, 5.74) is 1.11. The molecular weight excluding hydrogens is 290 g/mol. The molecule has 3 N–H and O–H groups in total. The summed E-state index contributed by atoms with van der Waals surface area (Å²) in [4.78, 5) is 11.7. The Morgan fingerprint density at radius 2 is 1.71 bits per heavy atom. The number of sulfonamides is 1. The van der Waals surface area contributed by atoms with Gasteiger partial charge < -0.3 is 10.6 Å². The zero-order valence-electron chi connectivity index (χ0n) is 12.6. The van der Waals surface area contributed by atoms with Gasteiger partial charge >= 0.3 is 0 Å². The number of carbonyl (C=O) groups excluding carboxylic acids is 1. The summed E-state index contributed by atoms with van der Waals surface area (Å²) in [5, 5.41) is 5.85. The van der Waals surface area contributed by atoms with E-state index in [9.17, 15) is 13.2 Å². The normalized spacial score (nSPS) is 12.7. The van der Waals surface area contributed by atoms with Crippen molar-refractivity contribution in [1.29, 1.82) is 0 Å². The van der Waals surface area contributed by atoms with E-state index in [1.807, 2.05) is 13.8 Å². The third kappa shape index (κ3) is 6.59. The number of hydrogen-bond donors (Lipinski definition) is 3. The van der Waals surface area contributed by atoms with Gasteiger partial charge in [0.2, 0.25) is 15.9 Å². The molecule has 1 aromatic carbocycles. The molecule has 0 aliphatic heterocycles. The van der Waals surface area contributed by atoms with Crippen molar-refractivity contribution in [1.82, 2.24) is 5.32 Å². The van der Waals surface area contributed by atoms with Gasteiger partial charge in [-0.1, -0.05) is 6.92 Å². The molecule has 0 aromatic heterocycles. The Kier molecular flexibility index (Phi) is 6.64. The molecule has 7 heteroatoms. The first-order valence-electron chi connectivity index (χ1n) is 7.00. The Morgan fingerprint density at radius 3 is 2.24 bits per heavy atom. The zero-order valence-corrected chi connectivity index (χ0v) is 13.5. The fraction of sp³-hybridized carbons (Fsp3) is 0.500. The molecular formula is C14H23N3O3S. The molecule has 0 saturated carbocycles. The summed E-state index contributed by atoms with van der Waals surface area (Å²) in [7, 11) is -3.28. The molecule has 118 valence electrons. The lowest BCUT2D eigenvalue weighted by Gasteiger charge is -2.11. The molecule has 0 spiro atoms. The molecule has 0 aliphatic carbocycles. The highest BCUT2D eigenvalue weighted by Crippen LogP contribution is 2.14. The fourth-order valence-electron chi connectivity index (χ4n) is 1.49. The molecule has 21 heavy (non-hydrogen) atoms. The van der Waals surface area contributed by atoms with E-state index in [2.05, 4.69) is 15.4 Å². The molecule has 1 aromatic rings. The second kappa shape index (κ2) is 7.99. The number of benzene rings is 1. The summed E-state index contributed by atoms with van der Waals surface area (Å²) in [6, 6.07) is 6.85. The van der Waals surface area contributed by atoms with Crippen molar-refractivity contribution >= 4 is 27.3 Å². The van der Waals surface area contributed by atoms with Crippen LogP contribution in [-0.2, 0) is 14.8 Å². The van der Waals surface area contributed by atoms with Crippen molar-refractivity contribution in [3.8, 4) is 0 Å². The predicted octanol–water partition coefficient (Wildman–Crippen LogP) is 1.77. The van der Waals surface area contributed by atoms with Gasteiger partial charge in [-0.2, -0.15) is 0 Å². The molecule has 0 fully saturated rings. The lowest BCUT2D eigenvalue weighted by molar-refractivity contribution is -0.115. The lowest BCUT2D eigenvalue weighted by Crippen LogP contribution is -2.33. The average molecular weight is 313 g/mol. The van der Waals surface area contributed by atoms with E-state index < -0.39 is 10.0 Å². The van der Waals surface area contributed by atoms with Gasteiger partial charge in [-0.05, 0) is 44.5 Å². The van der Waals surface area contributed by atoms with Gasteiger partial charge in [0.15, 0.2) is 0 Å². The topological polar surface area (TPSA) is 87.3 Å². The van der Waals surface area contributed by atoms with Crippen LogP contribution in [0.5, 0.6) is 0 Å². The van der Waals surface area contributed by atoms with Crippen LogP contribution in [0.3, 0.4) is 0 Å². The highest BCUT2D eigenvalue weighted by Gasteiger charge is 2.07. The number of hydrogen-bond acceptors (Lipinski definition) is 4. The first-order chi connectivity index (χ1) is 9.86. The summed E-state index contributed by atoms with van der Waals surface area (Å²) in [6.07, 6.45) is 0.958. The van der Waals surface area contributed by atoms with Crippen LogP contribution in [0, 0.1) is 0 Å². The molecule has 0 radical (unpaired) electrons. The maximum atomic E-state index is 11.7. The van der Waals surface area contributed by atoms with Crippen LogP contribution in [-0.4, -0.2) is 32.7 Å². The van der Waals surface area contributed by atoms with E-state index in [1.165, 1.54) is 0 Å². The predicted molar refractivity (Wildman–Crippen MR) is 85.9 cm³/mol. The quantitative estimate of drug-likeness (QED) is 0.682. The van der Waals surface area contributed by atoms with Crippen LogP contribution in [0.15, 0.2) is 24.3 Å². The Hall–Kier alpha value is -1.60. The minimum atomic E-state index is -3.28. The Labute approximate surface area is 126 Å². The van der Waals surface area contributed by atoms with Crippen molar-refractivity contribution in [2.75, 3.05) is 22.3 Å². The Morgan fingerprint density at radius 1 is 1.14 bits per heavy atom. The molecule has 6 nitrogen and oxygen atoms in total. The van der Waals surface area contributed by atoms with Crippen molar-refractivity contribution in [3.05, 3.63) is 24.3 Å². The van der Waals surface area contributed by atoms with Crippen molar-refractivity contribution in [2.45, 2.75) is 33.2 Å². The molecule has 1 atom stereocenters. The summed E-state index contributed by atoms with van der Waals surface area (Å²) in [6.45, 7) is 5.88. The Balaban J connectivity index is 2.53. The van der Waals surface area contributed by atoms with Crippen LogP contribution in [0.2, 0.25) is 0 Å². The van der Waals surface area contributed by atoms with Gasteiger partial charge in [0.1, 0.15) is 0 Å². The number of amides is 1. The van der Waals surface area contributed by atoms with Gasteiger partial charge in [-0.25, -0.2) is 8.42 Å². The fourth-order valence-corrected chi connectivity index (χ4v) is 2.13. The first-order valence-corrected chi connectivity index (χ1v) is 8.65. The van der Waals surface area contributed by atoms with E-state index in [-0.39, 0.29) is 18.2 Å². The summed E-state index contributed by atoms with van der Waals surface area (Å²) < 4.78 is 25.3. The highest BCUT2D eigenvalue weighted by atomic mass is 32.2. The van der Waals surface area contributed by atoms with E-state index in [1.54, 1.807) is 31.2 Å². The molecule has 0 saturated heterocycles. The standard InChI is InChI=1S/C14H23N3O3S/c1-4-11(3)15-10-14(18)16-12-6-8-13(9-7-12)17-21(19,20)5-2/h6-9,11,15,17H,4-5,10H2,1-3H3,(H,16,18). The van der Waals surface area contributed by atoms with Crippen LogP contribution >= 0.6 is 0 Å². The minimum absolute atomic E-state index is 0.0206. The second-order valence-electron chi connectivity index (χ2n) is 4.82. The first kappa shape index (κ1) is 17.5. The van der Waals surface area contributed by atoms with Gasteiger partial charge in [0, 0.05) is 17.4 Å². The third-order valence-electron chi connectivity index (χ3n) is 3.05. The van der Waals surface area contributed by atoms with Gasteiger partial charge in [-0.3, -0.25) is 9.52 Å². The Bertz CT molecular complexity index is 555. The van der Waals surface area contributed by atoms with E-state index in [0.29, 0.717) is 17.4 Å². The van der Waals surface area contributed by atoms with Gasteiger partial charge in [0.25, 0.3) is 0 Å². The molecule has 0 aliphatic rings. The number of carbonyl (C=O) groups is 1. The summed E-state index contributed by atoms with van der Waals surface area (Å²) >= 11 is 0. The van der Waals surface area contributed by atoms with Crippen molar-refractivity contribution in [2.24, 2.45) is 0 Å². The van der Waals surface area contributed by atoms with Crippen LogP contribution in [0.25, 0.3) is 0 Å². The van der Waals surface area contributed by atoms with E-state index in [0.717, 1.165) is 6.42 Å². The molecule has 1 amide bonds. The molecule has 1 unspecified atom stereocenters. The number of anilines is 2. The summed E-state index contributed by atoms with van der Waals surface area (Å²) in [5.74, 6) is -0.107. The van der Waals surface area contributed by atoms with Crippen molar-refractivity contribution < 1.29 is 13.2 Å². The lowest BCUT2D eigenvalue weighted by atomic mass is 10.2. The molecule has 0 bridgehead atoms. The van der Waals surface area contributed by atoms with Gasteiger partial charge in [-0.15, -0.1) is 0 Å². The number of nitrogens with one attached hydrogen (secondary N) is 3. The maximum absolute atomic E-state index is 11.7. The van der Waals surface area contributed by atoms with Crippen molar-refractivity contribution in [3.63, 3.8) is 0 Å². The van der Waals surface area contributed by atoms with Crippen LogP contribution in [0.1, 0.15) is 27.2 Å². The minimum Gasteiger partial charge on any atom is -0.325 e. The maximum Gasteiger partial charge on any atom is 0.238 e. The monoisotopic (exact) mass is 313 g/mol.